The Morgan fingerprint density at radius 3 is 2.68 bits per heavy atom. The number of hydrogen-bond donors (Lipinski definition) is 0. The molecule has 1 aromatic carbocycles. The van der Waals surface area contributed by atoms with Crippen LogP contribution in [-0.2, 0) is 18.0 Å². The summed E-state index contributed by atoms with van der Waals surface area (Å²) in [4.78, 5) is 18.3. The highest BCUT2D eigenvalue weighted by molar-refractivity contribution is 5.94. The molecule has 0 radical (unpaired) electrons. The van der Waals surface area contributed by atoms with E-state index in [2.05, 4.69) is 15.3 Å². The van der Waals surface area contributed by atoms with E-state index in [1.165, 1.54) is 6.20 Å². The molecule has 1 aliphatic rings. The number of likely N-dealkylation sites (tertiary alicyclic amines) is 1. The van der Waals surface area contributed by atoms with Crippen LogP contribution in [0.25, 0.3) is 0 Å². The van der Waals surface area contributed by atoms with Crippen LogP contribution >= 0.6 is 0 Å². The van der Waals surface area contributed by atoms with Gasteiger partial charge >= 0.3 is 0 Å². The maximum absolute atomic E-state index is 12.5. The van der Waals surface area contributed by atoms with Crippen molar-refractivity contribution in [2.45, 2.75) is 19.3 Å². The van der Waals surface area contributed by atoms with E-state index in [-0.39, 0.29) is 11.9 Å². The lowest BCUT2D eigenvalue weighted by molar-refractivity contribution is 0.0497. The maximum Gasteiger partial charge on any atom is 0.255 e. The summed E-state index contributed by atoms with van der Waals surface area (Å²) in [5.41, 5.74) is 2.45. The van der Waals surface area contributed by atoms with E-state index in [4.69, 9.17) is 9.47 Å². The third kappa shape index (κ3) is 4.01. The summed E-state index contributed by atoms with van der Waals surface area (Å²) in [7, 11) is 1.54. The second kappa shape index (κ2) is 8.18. The van der Waals surface area contributed by atoms with Crippen molar-refractivity contribution in [1.82, 2.24) is 24.9 Å². The molecule has 0 spiro atoms. The van der Waals surface area contributed by atoms with Crippen molar-refractivity contribution in [2.24, 2.45) is 0 Å². The van der Waals surface area contributed by atoms with Gasteiger partial charge in [0.05, 0.1) is 38.1 Å². The molecule has 3 aromatic rings. The van der Waals surface area contributed by atoms with Crippen molar-refractivity contribution in [2.75, 3.05) is 20.2 Å². The smallest absolute Gasteiger partial charge is 0.255 e. The monoisotopic (exact) mass is 379 g/mol. The van der Waals surface area contributed by atoms with Gasteiger partial charge in [0.15, 0.2) is 0 Å². The summed E-state index contributed by atoms with van der Waals surface area (Å²) in [5, 5.41) is 8.33. The first-order valence-corrected chi connectivity index (χ1v) is 9.04. The lowest BCUT2D eigenvalue weighted by Crippen LogP contribution is -2.50. The molecule has 28 heavy (non-hydrogen) atoms. The van der Waals surface area contributed by atoms with Gasteiger partial charge in [0.1, 0.15) is 5.69 Å². The molecule has 0 N–H and O–H groups in total. The lowest BCUT2D eigenvalue weighted by atomic mass is 10.1. The Morgan fingerprint density at radius 1 is 1.14 bits per heavy atom. The second-order valence-electron chi connectivity index (χ2n) is 6.62. The maximum atomic E-state index is 12.5. The first-order valence-electron chi connectivity index (χ1n) is 9.04. The Labute approximate surface area is 162 Å². The highest BCUT2D eigenvalue weighted by atomic mass is 16.5. The molecule has 0 bridgehead atoms. The molecular weight excluding hydrogens is 358 g/mol. The van der Waals surface area contributed by atoms with E-state index in [1.54, 1.807) is 28.8 Å². The number of methoxy groups -OCH3 is 1. The Bertz CT molecular complexity index is 921. The van der Waals surface area contributed by atoms with Crippen LogP contribution in [0.1, 0.15) is 27.7 Å². The number of ether oxygens (including phenoxy) is 2. The normalized spacial score (nSPS) is 14.0. The predicted molar refractivity (Wildman–Crippen MR) is 101 cm³/mol. The number of benzene rings is 1. The number of rotatable bonds is 7. The molecule has 0 unspecified atom stereocenters. The van der Waals surface area contributed by atoms with Crippen molar-refractivity contribution < 1.29 is 14.3 Å². The van der Waals surface area contributed by atoms with Crippen LogP contribution in [0.3, 0.4) is 0 Å². The Balaban J connectivity index is 1.26. The van der Waals surface area contributed by atoms with E-state index >= 15 is 0 Å². The van der Waals surface area contributed by atoms with Crippen LogP contribution < -0.4 is 4.74 Å². The molecular formula is C20H21N5O3. The summed E-state index contributed by atoms with van der Waals surface area (Å²) in [6, 6.07) is 13.5. The summed E-state index contributed by atoms with van der Waals surface area (Å²) in [6.07, 6.45) is 3.42. The van der Waals surface area contributed by atoms with Gasteiger partial charge in [-0.1, -0.05) is 35.5 Å². The Hall–Kier alpha value is -3.26. The average Bonchev–Trinajstić information content (AvgIpc) is 3.16. The molecule has 1 fully saturated rings. The minimum Gasteiger partial charge on any atom is -0.481 e. The quantitative estimate of drug-likeness (QED) is 0.625. The van der Waals surface area contributed by atoms with Crippen molar-refractivity contribution >= 4 is 5.91 Å². The zero-order chi connectivity index (χ0) is 19.3. The van der Waals surface area contributed by atoms with Gasteiger partial charge in [-0.2, -0.15) is 0 Å². The molecule has 3 heterocycles. The first-order chi connectivity index (χ1) is 13.7. The number of carbonyl (C=O) groups is 1. The van der Waals surface area contributed by atoms with Crippen LogP contribution in [-0.4, -0.2) is 51.0 Å². The van der Waals surface area contributed by atoms with Crippen molar-refractivity contribution in [3.05, 3.63) is 71.7 Å². The summed E-state index contributed by atoms with van der Waals surface area (Å²) >= 11 is 0. The summed E-state index contributed by atoms with van der Waals surface area (Å²) in [5.74, 6) is 0.445. The van der Waals surface area contributed by atoms with E-state index in [1.807, 2.05) is 36.5 Å². The van der Waals surface area contributed by atoms with Crippen LogP contribution in [0.2, 0.25) is 0 Å². The van der Waals surface area contributed by atoms with Gasteiger partial charge < -0.3 is 14.4 Å². The lowest BCUT2D eigenvalue weighted by Gasteiger charge is -2.38. The van der Waals surface area contributed by atoms with Crippen LogP contribution in [0.5, 0.6) is 5.88 Å². The van der Waals surface area contributed by atoms with E-state index < -0.39 is 0 Å². The van der Waals surface area contributed by atoms with Crippen molar-refractivity contribution in [3.63, 3.8) is 0 Å². The standard InChI is InChI=1S/C20H21N5O3/c1-27-19-8-7-16(9-21-19)20(26)24-11-18(12-24)25-10-17(22-23-25)14-28-13-15-5-3-2-4-6-15/h2-10,18H,11-14H2,1H3. The number of nitrogens with zero attached hydrogens (tertiary/aromatic N) is 5. The van der Waals surface area contributed by atoms with Crippen LogP contribution in [0.4, 0.5) is 0 Å². The molecule has 1 aliphatic heterocycles. The van der Waals surface area contributed by atoms with Crippen LogP contribution in [0.15, 0.2) is 54.9 Å². The molecule has 8 heteroatoms. The van der Waals surface area contributed by atoms with E-state index in [0.717, 1.165) is 11.3 Å². The van der Waals surface area contributed by atoms with Gasteiger partial charge in [-0.15, -0.1) is 5.10 Å². The first kappa shape index (κ1) is 18.1. The third-order valence-electron chi connectivity index (χ3n) is 4.64. The average molecular weight is 379 g/mol. The molecule has 4 rings (SSSR count). The largest absolute Gasteiger partial charge is 0.481 e. The highest BCUT2D eigenvalue weighted by Gasteiger charge is 2.33. The molecule has 8 nitrogen and oxygen atoms in total. The van der Waals surface area contributed by atoms with Crippen LogP contribution in [0, 0.1) is 0 Å². The topological polar surface area (TPSA) is 82.4 Å². The second-order valence-corrected chi connectivity index (χ2v) is 6.62. The molecule has 144 valence electrons. The fourth-order valence-corrected chi connectivity index (χ4v) is 3.00. The number of aromatic nitrogens is 4. The number of hydrogen-bond acceptors (Lipinski definition) is 6. The van der Waals surface area contributed by atoms with Gasteiger partial charge in [-0.05, 0) is 11.6 Å². The molecule has 1 saturated heterocycles. The highest BCUT2D eigenvalue weighted by Crippen LogP contribution is 2.23. The zero-order valence-corrected chi connectivity index (χ0v) is 15.6. The molecule has 0 saturated carbocycles. The van der Waals surface area contributed by atoms with Gasteiger partial charge in [0.2, 0.25) is 5.88 Å². The third-order valence-corrected chi connectivity index (χ3v) is 4.64. The number of amides is 1. The Morgan fingerprint density at radius 2 is 1.96 bits per heavy atom. The van der Waals surface area contributed by atoms with E-state index in [9.17, 15) is 4.79 Å². The summed E-state index contributed by atoms with van der Waals surface area (Å²) < 4.78 is 12.5. The minimum atomic E-state index is -0.0436. The van der Waals surface area contributed by atoms with Gasteiger partial charge in [-0.25, -0.2) is 9.67 Å². The molecule has 0 aliphatic carbocycles. The molecule has 0 atom stereocenters. The molecule has 1 amide bonds. The van der Waals surface area contributed by atoms with Crippen molar-refractivity contribution in [1.29, 1.82) is 0 Å². The fourth-order valence-electron chi connectivity index (χ4n) is 3.00. The van der Waals surface area contributed by atoms with E-state index in [0.29, 0.717) is 37.7 Å². The summed E-state index contributed by atoms with van der Waals surface area (Å²) in [6.45, 7) is 2.13. The fraction of sp³-hybridized carbons (Fsp3) is 0.300. The van der Waals surface area contributed by atoms with Gasteiger partial charge in [0.25, 0.3) is 5.91 Å². The number of carbonyl (C=O) groups excluding carboxylic acids is 1. The zero-order valence-electron chi connectivity index (χ0n) is 15.6. The Kier molecular flexibility index (Phi) is 5.29. The predicted octanol–water partition coefficient (Wildman–Crippen LogP) is 2.10. The molecule has 2 aromatic heterocycles. The SMILES string of the molecule is COc1ccc(C(=O)N2CC(n3cc(COCc4ccccc4)nn3)C2)cn1. The minimum absolute atomic E-state index is 0.0436. The van der Waals surface area contributed by atoms with Gasteiger partial charge in [-0.3, -0.25) is 4.79 Å². The van der Waals surface area contributed by atoms with Crippen molar-refractivity contribution in [3.8, 4) is 5.88 Å². The number of pyridine rings is 1. The van der Waals surface area contributed by atoms with Gasteiger partial charge in [0, 0.05) is 25.4 Å².